The highest BCUT2D eigenvalue weighted by atomic mass is 32.2. The predicted octanol–water partition coefficient (Wildman–Crippen LogP) is 1.24. The number of hydrogen-bond acceptors (Lipinski definition) is 3. The molecule has 76 valence electrons. The molecule has 0 radical (unpaired) electrons. The lowest BCUT2D eigenvalue weighted by atomic mass is 10.1. The summed E-state index contributed by atoms with van der Waals surface area (Å²) in [6, 6.07) is 4.21. The van der Waals surface area contributed by atoms with Crippen LogP contribution in [0.3, 0.4) is 0 Å². The molecule has 0 heterocycles. The lowest BCUT2D eigenvalue weighted by Crippen LogP contribution is -2.03. The first-order chi connectivity index (χ1) is 6.45. The number of allylic oxidation sites excluding steroid dienone is 1. The van der Waals surface area contributed by atoms with E-state index in [1.54, 1.807) is 6.08 Å². The van der Waals surface area contributed by atoms with E-state index in [4.69, 9.17) is 10.3 Å². The second-order valence-electron chi connectivity index (χ2n) is 2.84. The van der Waals surface area contributed by atoms with E-state index in [0.29, 0.717) is 17.7 Å². The molecule has 5 heteroatoms. The molecule has 0 aromatic heterocycles. The Kier molecular flexibility index (Phi) is 2.93. The van der Waals surface area contributed by atoms with Crippen LogP contribution in [0.15, 0.2) is 35.7 Å². The van der Waals surface area contributed by atoms with Crippen LogP contribution < -0.4 is 5.73 Å². The quantitative estimate of drug-likeness (QED) is 0.450. The van der Waals surface area contributed by atoms with Crippen LogP contribution in [0.25, 0.3) is 0 Å². The van der Waals surface area contributed by atoms with Gasteiger partial charge in [-0.1, -0.05) is 6.08 Å². The molecule has 0 atom stereocenters. The highest BCUT2D eigenvalue weighted by Gasteiger charge is 2.14. The minimum Gasteiger partial charge on any atom is -0.399 e. The Hall–Kier alpha value is -1.33. The van der Waals surface area contributed by atoms with Gasteiger partial charge in [-0.05, 0) is 30.2 Å². The first-order valence-corrected chi connectivity index (χ1v) is 5.36. The molecule has 4 nitrogen and oxygen atoms in total. The van der Waals surface area contributed by atoms with Crippen LogP contribution in [0.4, 0.5) is 5.69 Å². The first kappa shape index (κ1) is 10.7. The van der Waals surface area contributed by atoms with Gasteiger partial charge >= 0.3 is 0 Å². The number of benzene rings is 1. The number of rotatable bonds is 3. The van der Waals surface area contributed by atoms with E-state index in [-0.39, 0.29) is 4.90 Å². The molecule has 0 saturated heterocycles. The summed E-state index contributed by atoms with van der Waals surface area (Å²) in [6.45, 7) is 3.49. The second-order valence-corrected chi connectivity index (χ2v) is 4.22. The summed E-state index contributed by atoms with van der Waals surface area (Å²) in [5.74, 6) is 0. The summed E-state index contributed by atoms with van der Waals surface area (Å²) in [6.07, 6.45) is 1.89. The van der Waals surface area contributed by atoms with E-state index in [0.717, 1.165) is 0 Å². The van der Waals surface area contributed by atoms with Crippen molar-refractivity contribution in [2.75, 3.05) is 5.73 Å². The van der Waals surface area contributed by atoms with E-state index in [9.17, 15) is 8.42 Å². The van der Waals surface area contributed by atoms with Gasteiger partial charge in [0.05, 0.1) is 4.90 Å². The fourth-order valence-electron chi connectivity index (χ4n) is 1.17. The molecule has 1 aromatic carbocycles. The van der Waals surface area contributed by atoms with Gasteiger partial charge in [0.25, 0.3) is 10.1 Å². The SMILES string of the molecule is C=CCc1cc(N)ccc1S(=O)(=O)O. The van der Waals surface area contributed by atoms with Crippen molar-refractivity contribution >= 4 is 15.8 Å². The van der Waals surface area contributed by atoms with Crippen molar-refractivity contribution in [3.05, 3.63) is 36.4 Å². The van der Waals surface area contributed by atoms with Gasteiger partial charge < -0.3 is 5.73 Å². The summed E-state index contributed by atoms with van der Waals surface area (Å²) < 4.78 is 30.7. The van der Waals surface area contributed by atoms with E-state index in [1.165, 1.54) is 18.2 Å². The molecular weight excluding hydrogens is 202 g/mol. The molecule has 0 aliphatic carbocycles. The van der Waals surface area contributed by atoms with Gasteiger partial charge in [-0.25, -0.2) is 0 Å². The normalized spacial score (nSPS) is 11.2. The van der Waals surface area contributed by atoms with Crippen LogP contribution in [0.2, 0.25) is 0 Å². The highest BCUT2D eigenvalue weighted by molar-refractivity contribution is 7.85. The third-order valence-electron chi connectivity index (χ3n) is 1.73. The highest BCUT2D eigenvalue weighted by Crippen LogP contribution is 2.19. The molecule has 0 aliphatic heterocycles. The lowest BCUT2D eigenvalue weighted by molar-refractivity contribution is 0.482. The zero-order valence-electron chi connectivity index (χ0n) is 7.47. The largest absolute Gasteiger partial charge is 0.399 e. The molecule has 0 saturated carbocycles. The molecule has 0 amide bonds. The third-order valence-corrected chi connectivity index (χ3v) is 2.68. The third kappa shape index (κ3) is 2.34. The summed E-state index contributed by atoms with van der Waals surface area (Å²) in [5.41, 5.74) is 6.39. The van der Waals surface area contributed by atoms with Crippen LogP contribution in [-0.2, 0) is 16.5 Å². The minimum atomic E-state index is -4.18. The van der Waals surface area contributed by atoms with Gasteiger partial charge in [0.1, 0.15) is 0 Å². The Labute approximate surface area is 82.8 Å². The maximum absolute atomic E-state index is 10.9. The van der Waals surface area contributed by atoms with Crippen LogP contribution in [0.5, 0.6) is 0 Å². The van der Waals surface area contributed by atoms with Crippen LogP contribution in [-0.4, -0.2) is 13.0 Å². The standard InChI is InChI=1S/C9H11NO3S/c1-2-3-7-6-8(10)4-5-9(7)14(11,12)13/h2,4-6H,1,3,10H2,(H,11,12,13). The Bertz CT molecular complexity index is 451. The Morgan fingerprint density at radius 1 is 1.50 bits per heavy atom. The Morgan fingerprint density at radius 2 is 2.14 bits per heavy atom. The van der Waals surface area contributed by atoms with Crippen molar-refractivity contribution in [2.45, 2.75) is 11.3 Å². The summed E-state index contributed by atoms with van der Waals surface area (Å²) in [5, 5.41) is 0. The predicted molar refractivity (Wildman–Crippen MR) is 54.6 cm³/mol. The lowest BCUT2D eigenvalue weighted by Gasteiger charge is -2.05. The molecule has 3 N–H and O–H groups in total. The number of nitrogens with two attached hydrogens (primary N) is 1. The van der Waals surface area contributed by atoms with Gasteiger partial charge in [-0.15, -0.1) is 6.58 Å². The van der Waals surface area contributed by atoms with Gasteiger partial charge in [0.2, 0.25) is 0 Å². The molecule has 14 heavy (non-hydrogen) atoms. The molecular formula is C9H11NO3S. The number of anilines is 1. The molecule has 1 rings (SSSR count). The summed E-state index contributed by atoms with van der Waals surface area (Å²) >= 11 is 0. The van der Waals surface area contributed by atoms with Gasteiger partial charge in [0.15, 0.2) is 0 Å². The van der Waals surface area contributed by atoms with Crippen molar-refractivity contribution in [2.24, 2.45) is 0 Å². The van der Waals surface area contributed by atoms with Crippen molar-refractivity contribution in [1.82, 2.24) is 0 Å². The second kappa shape index (κ2) is 3.81. The Morgan fingerprint density at radius 3 is 2.64 bits per heavy atom. The Balaban J connectivity index is 3.36. The van der Waals surface area contributed by atoms with Crippen LogP contribution in [0, 0.1) is 0 Å². The molecule has 0 bridgehead atoms. The maximum atomic E-state index is 10.9. The van der Waals surface area contributed by atoms with E-state index in [2.05, 4.69) is 6.58 Å². The zero-order chi connectivity index (χ0) is 10.8. The number of hydrogen-bond donors (Lipinski definition) is 2. The van der Waals surface area contributed by atoms with Gasteiger partial charge in [-0.2, -0.15) is 8.42 Å². The summed E-state index contributed by atoms with van der Waals surface area (Å²) in [7, 11) is -4.18. The average Bonchev–Trinajstić information content (AvgIpc) is 2.02. The topological polar surface area (TPSA) is 80.4 Å². The fraction of sp³-hybridized carbons (Fsp3) is 0.111. The van der Waals surface area contributed by atoms with Crippen LogP contribution >= 0.6 is 0 Å². The van der Waals surface area contributed by atoms with E-state index in [1.807, 2.05) is 0 Å². The first-order valence-electron chi connectivity index (χ1n) is 3.92. The number of nitrogen functional groups attached to an aromatic ring is 1. The molecule has 1 aromatic rings. The van der Waals surface area contributed by atoms with Gasteiger partial charge in [-0.3, -0.25) is 4.55 Å². The van der Waals surface area contributed by atoms with Gasteiger partial charge in [0, 0.05) is 5.69 Å². The van der Waals surface area contributed by atoms with Crippen molar-refractivity contribution < 1.29 is 13.0 Å². The molecule has 0 spiro atoms. The van der Waals surface area contributed by atoms with E-state index >= 15 is 0 Å². The van der Waals surface area contributed by atoms with E-state index < -0.39 is 10.1 Å². The molecule has 0 aliphatic rings. The smallest absolute Gasteiger partial charge is 0.294 e. The monoisotopic (exact) mass is 213 g/mol. The fourth-order valence-corrected chi connectivity index (χ4v) is 1.88. The average molecular weight is 213 g/mol. The summed E-state index contributed by atoms with van der Waals surface area (Å²) in [4.78, 5) is -0.119. The van der Waals surface area contributed by atoms with Crippen molar-refractivity contribution in [1.29, 1.82) is 0 Å². The zero-order valence-corrected chi connectivity index (χ0v) is 8.29. The van der Waals surface area contributed by atoms with Crippen molar-refractivity contribution in [3.63, 3.8) is 0 Å². The molecule has 0 fully saturated rings. The minimum absolute atomic E-state index is 0.119. The molecule has 0 unspecified atom stereocenters. The van der Waals surface area contributed by atoms with Crippen LogP contribution in [0.1, 0.15) is 5.56 Å². The maximum Gasteiger partial charge on any atom is 0.294 e. The van der Waals surface area contributed by atoms with Crippen molar-refractivity contribution in [3.8, 4) is 0 Å².